The van der Waals surface area contributed by atoms with Crippen molar-refractivity contribution < 1.29 is 9.66 Å². The number of hydrogen-bond donors (Lipinski definition) is 1. The maximum atomic E-state index is 11.0. The number of nitrogens with one attached hydrogen (secondary N) is 1. The normalized spacial score (nSPS) is 13.2. The molecule has 0 fully saturated rings. The molecule has 0 saturated carbocycles. The summed E-state index contributed by atoms with van der Waals surface area (Å²) in [5.74, 6) is 0.302. The highest BCUT2D eigenvalue weighted by atomic mass is 16.6. The first kappa shape index (κ1) is 16.3. The number of hydrogen-bond acceptors (Lipinski definition) is 4. The molecule has 1 aromatic rings. The number of ether oxygens (including phenoxy) is 1. The number of nitro benzene ring substituents is 1. The average molecular weight is 280 g/mol. The van der Waals surface area contributed by atoms with Gasteiger partial charge in [-0.1, -0.05) is 20.8 Å². The summed E-state index contributed by atoms with van der Waals surface area (Å²) < 4.78 is 5.53. The van der Waals surface area contributed by atoms with Crippen LogP contribution >= 0.6 is 0 Å². The standard InChI is InChI=1S/C15H24N2O3/c1-10(2)20-14-9-12(7-8-13(14)17(18)19)16-11(3)15(4,5)6/h7-11,16H,1-6H3. The third kappa shape index (κ3) is 4.40. The number of rotatable bonds is 5. The van der Waals surface area contributed by atoms with E-state index in [0.717, 1.165) is 5.69 Å². The Labute approximate surface area is 120 Å². The zero-order chi connectivity index (χ0) is 15.5. The molecule has 0 amide bonds. The second kappa shape index (κ2) is 6.11. The van der Waals surface area contributed by atoms with E-state index in [9.17, 15) is 10.1 Å². The van der Waals surface area contributed by atoms with Gasteiger partial charge >= 0.3 is 5.69 Å². The molecule has 0 heterocycles. The molecule has 0 aliphatic carbocycles. The lowest BCUT2D eigenvalue weighted by Gasteiger charge is -2.29. The highest BCUT2D eigenvalue weighted by Gasteiger charge is 2.21. The summed E-state index contributed by atoms with van der Waals surface area (Å²) in [6.07, 6.45) is -0.107. The summed E-state index contributed by atoms with van der Waals surface area (Å²) >= 11 is 0. The van der Waals surface area contributed by atoms with E-state index < -0.39 is 4.92 Å². The quantitative estimate of drug-likeness (QED) is 0.647. The van der Waals surface area contributed by atoms with Gasteiger partial charge in [-0.15, -0.1) is 0 Å². The fourth-order valence-corrected chi connectivity index (χ4v) is 1.57. The number of anilines is 1. The highest BCUT2D eigenvalue weighted by Crippen LogP contribution is 2.32. The van der Waals surface area contributed by atoms with Gasteiger partial charge in [0.1, 0.15) is 0 Å². The van der Waals surface area contributed by atoms with Crippen molar-refractivity contribution in [1.29, 1.82) is 0 Å². The molecule has 1 unspecified atom stereocenters. The summed E-state index contributed by atoms with van der Waals surface area (Å²) in [5.41, 5.74) is 0.919. The molecule has 1 aromatic carbocycles. The van der Waals surface area contributed by atoms with Gasteiger partial charge in [-0.25, -0.2) is 0 Å². The van der Waals surface area contributed by atoms with Gasteiger partial charge in [-0.3, -0.25) is 10.1 Å². The first-order chi connectivity index (χ1) is 9.11. The largest absolute Gasteiger partial charge is 0.484 e. The van der Waals surface area contributed by atoms with E-state index in [-0.39, 0.29) is 23.2 Å². The molecule has 5 nitrogen and oxygen atoms in total. The van der Waals surface area contributed by atoms with E-state index in [0.29, 0.717) is 5.75 Å². The summed E-state index contributed by atoms with van der Waals surface area (Å²) in [6, 6.07) is 5.12. The van der Waals surface area contributed by atoms with Crippen LogP contribution in [0.5, 0.6) is 5.75 Å². The molecule has 0 bridgehead atoms. The predicted octanol–water partition coefficient (Wildman–Crippen LogP) is 4.23. The van der Waals surface area contributed by atoms with E-state index >= 15 is 0 Å². The minimum atomic E-state index is -0.422. The van der Waals surface area contributed by atoms with Gasteiger partial charge in [0.15, 0.2) is 5.75 Å². The minimum Gasteiger partial charge on any atom is -0.484 e. The second-order valence-electron chi connectivity index (χ2n) is 6.34. The Morgan fingerprint density at radius 3 is 2.30 bits per heavy atom. The van der Waals surface area contributed by atoms with Crippen LogP contribution in [0.25, 0.3) is 0 Å². The molecule has 0 radical (unpaired) electrons. The molecule has 20 heavy (non-hydrogen) atoms. The van der Waals surface area contributed by atoms with Gasteiger partial charge in [0.25, 0.3) is 0 Å². The Morgan fingerprint density at radius 2 is 1.85 bits per heavy atom. The Balaban J connectivity index is 3.03. The summed E-state index contributed by atoms with van der Waals surface area (Å²) in [5, 5.41) is 14.4. The molecule has 5 heteroatoms. The first-order valence-corrected chi connectivity index (χ1v) is 6.83. The Bertz CT molecular complexity index is 478. The first-order valence-electron chi connectivity index (χ1n) is 6.83. The van der Waals surface area contributed by atoms with Crippen LogP contribution in [0.1, 0.15) is 41.5 Å². The summed E-state index contributed by atoms with van der Waals surface area (Å²) in [4.78, 5) is 10.6. The van der Waals surface area contributed by atoms with Gasteiger partial charge in [-0.2, -0.15) is 0 Å². The van der Waals surface area contributed by atoms with Crippen LogP contribution in [-0.2, 0) is 0 Å². The van der Waals surface area contributed by atoms with Crippen LogP contribution in [-0.4, -0.2) is 17.1 Å². The maximum Gasteiger partial charge on any atom is 0.311 e. The van der Waals surface area contributed by atoms with Crippen molar-refractivity contribution in [3.8, 4) is 5.75 Å². The molecule has 1 atom stereocenters. The number of nitrogens with zero attached hydrogens (tertiary/aromatic N) is 1. The molecular formula is C15H24N2O3. The van der Waals surface area contributed by atoms with Gasteiger partial charge < -0.3 is 10.1 Å². The fourth-order valence-electron chi connectivity index (χ4n) is 1.57. The lowest BCUT2D eigenvalue weighted by Crippen LogP contribution is -2.30. The molecule has 0 aliphatic heterocycles. The molecule has 0 spiro atoms. The van der Waals surface area contributed by atoms with Crippen molar-refractivity contribution in [2.45, 2.75) is 53.7 Å². The van der Waals surface area contributed by atoms with Gasteiger partial charge in [0, 0.05) is 23.9 Å². The molecule has 0 aliphatic rings. The lowest BCUT2D eigenvalue weighted by atomic mass is 9.88. The monoisotopic (exact) mass is 280 g/mol. The zero-order valence-electron chi connectivity index (χ0n) is 13.1. The smallest absolute Gasteiger partial charge is 0.311 e. The topological polar surface area (TPSA) is 64.4 Å². The Kier molecular flexibility index (Phi) is 4.98. The van der Waals surface area contributed by atoms with E-state index in [4.69, 9.17) is 4.74 Å². The van der Waals surface area contributed by atoms with Crippen LogP contribution in [0, 0.1) is 15.5 Å². The number of benzene rings is 1. The van der Waals surface area contributed by atoms with Crippen LogP contribution in [0.15, 0.2) is 18.2 Å². The second-order valence-corrected chi connectivity index (χ2v) is 6.34. The van der Waals surface area contributed by atoms with Gasteiger partial charge in [0.05, 0.1) is 11.0 Å². The molecule has 0 saturated heterocycles. The molecule has 1 N–H and O–H groups in total. The Morgan fingerprint density at radius 1 is 1.25 bits per heavy atom. The van der Waals surface area contributed by atoms with E-state index in [1.807, 2.05) is 13.8 Å². The van der Waals surface area contributed by atoms with Crippen molar-refractivity contribution in [1.82, 2.24) is 0 Å². The van der Waals surface area contributed by atoms with E-state index in [2.05, 4.69) is 33.0 Å². The van der Waals surface area contributed by atoms with Gasteiger partial charge in [0.2, 0.25) is 0 Å². The molecule has 112 valence electrons. The highest BCUT2D eigenvalue weighted by molar-refractivity contribution is 5.58. The van der Waals surface area contributed by atoms with Crippen molar-refractivity contribution >= 4 is 11.4 Å². The van der Waals surface area contributed by atoms with Crippen LogP contribution in [0.4, 0.5) is 11.4 Å². The molecule has 0 aromatic heterocycles. The minimum absolute atomic E-state index is 0.00679. The van der Waals surface area contributed by atoms with Gasteiger partial charge in [-0.05, 0) is 32.3 Å². The van der Waals surface area contributed by atoms with Crippen molar-refractivity contribution in [2.24, 2.45) is 5.41 Å². The van der Waals surface area contributed by atoms with E-state index in [1.165, 1.54) is 6.07 Å². The fraction of sp³-hybridized carbons (Fsp3) is 0.600. The molecular weight excluding hydrogens is 256 g/mol. The van der Waals surface area contributed by atoms with E-state index in [1.54, 1.807) is 12.1 Å². The van der Waals surface area contributed by atoms with Crippen molar-refractivity contribution in [2.75, 3.05) is 5.32 Å². The van der Waals surface area contributed by atoms with Crippen LogP contribution in [0.2, 0.25) is 0 Å². The van der Waals surface area contributed by atoms with Crippen LogP contribution < -0.4 is 10.1 Å². The third-order valence-corrected chi connectivity index (χ3v) is 3.20. The predicted molar refractivity (Wildman–Crippen MR) is 81.4 cm³/mol. The average Bonchev–Trinajstić information content (AvgIpc) is 2.26. The van der Waals surface area contributed by atoms with Crippen molar-refractivity contribution in [3.05, 3.63) is 28.3 Å². The molecule has 1 rings (SSSR count). The summed E-state index contributed by atoms with van der Waals surface area (Å²) in [6.45, 7) is 12.2. The summed E-state index contributed by atoms with van der Waals surface area (Å²) in [7, 11) is 0. The maximum absolute atomic E-state index is 11.0. The van der Waals surface area contributed by atoms with Crippen molar-refractivity contribution in [3.63, 3.8) is 0 Å². The Hall–Kier alpha value is -1.78. The SMILES string of the molecule is CC(C)Oc1cc(NC(C)C(C)(C)C)ccc1[N+](=O)[O-]. The number of nitro groups is 1. The van der Waals surface area contributed by atoms with Crippen LogP contribution in [0.3, 0.4) is 0 Å². The lowest BCUT2D eigenvalue weighted by molar-refractivity contribution is -0.386. The third-order valence-electron chi connectivity index (χ3n) is 3.20. The zero-order valence-corrected chi connectivity index (χ0v) is 13.1.